The maximum absolute atomic E-state index is 11.9. The summed E-state index contributed by atoms with van der Waals surface area (Å²) >= 11 is 8.20. The standard InChI is InChI=1S/C12H11ClINO2/c1-15-11(5-4-10(14)12(15)17)8-3-2-7(16)6-9(8)13/h2-3,5-6,10,16H,4H2,1H3. The highest BCUT2D eigenvalue weighted by atomic mass is 127. The predicted octanol–water partition coefficient (Wildman–Crippen LogP) is 3.05. The van der Waals surface area contributed by atoms with Gasteiger partial charge in [0.1, 0.15) is 5.75 Å². The third kappa shape index (κ3) is 2.42. The van der Waals surface area contributed by atoms with Gasteiger partial charge >= 0.3 is 0 Å². The molecule has 90 valence electrons. The Labute approximate surface area is 118 Å². The molecule has 1 atom stereocenters. The third-order valence-electron chi connectivity index (χ3n) is 2.71. The second kappa shape index (κ2) is 4.86. The number of nitrogens with zero attached hydrogens (tertiary/aromatic N) is 1. The molecule has 0 aliphatic carbocycles. The highest BCUT2D eigenvalue weighted by Gasteiger charge is 2.27. The average Bonchev–Trinajstić information content (AvgIpc) is 2.28. The summed E-state index contributed by atoms with van der Waals surface area (Å²) in [5.41, 5.74) is 1.57. The molecule has 0 saturated heterocycles. The van der Waals surface area contributed by atoms with E-state index in [1.807, 2.05) is 6.08 Å². The van der Waals surface area contributed by atoms with Crippen LogP contribution in [0.25, 0.3) is 5.70 Å². The molecule has 1 unspecified atom stereocenters. The minimum absolute atomic E-state index is 0.0164. The SMILES string of the molecule is CN1C(=O)C(I)CC=C1c1ccc(O)cc1Cl. The first-order valence-electron chi connectivity index (χ1n) is 5.11. The molecular weight excluding hydrogens is 352 g/mol. The van der Waals surface area contributed by atoms with Crippen molar-refractivity contribution in [1.29, 1.82) is 0 Å². The van der Waals surface area contributed by atoms with E-state index in [9.17, 15) is 9.90 Å². The van der Waals surface area contributed by atoms with Crippen molar-refractivity contribution in [2.24, 2.45) is 0 Å². The van der Waals surface area contributed by atoms with Gasteiger partial charge in [-0.1, -0.05) is 40.3 Å². The molecule has 0 fully saturated rings. The summed E-state index contributed by atoms with van der Waals surface area (Å²) in [5.74, 6) is 0.197. The summed E-state index contributed by atoms with van der Waals surface area (Å²) in [6, 6.07) is 4.77. The number of phenols is 1. The third-order valence-corrected chi connectivity index (χ3v) is 4.06. The molecular formula is C12H11ClINO2. The zero-order valence-corrected chi connectivity index (χ0v) is 12.1. The van der Waals surface area contributed by atoms with E-state index in [4.69, 9.17) is 11.6 Å². The Morgan fingerprint density at radius 1 is 1.53 bits per heavy atom. The number of amides is 1. The van der Waals surface area contributed by atoms with Crippen molar-refractivity contribution in [3.8, 4) is 5.75 Å². The molecule has 1 aromatic carbocycles. The van der Waals surface area contributed by atoms with Gasteiger partial charge in [0.25, 0.3) is 0 Å². The molecule has 1 aliphatic rings. The molecule has 0 saturated carbocycles. The first kappa shape index (κ1) is 12.7. The Morgan fingerprint density at radius 3 is 2.88 bits per heavy atom. The van der Waals surface area contributed by atoms with Gasteiger partial charge in [0.2, 0.25) is 5.91 Å². The molecule has 2 rings (SSSR count). The Balaban J connectivity index is 2.43. The van der Waals surface area contributed by atoms with Crippen LogP contribution in [0.4, 0.5) is 0 Å². The van der Waals surface area contributed by atoms with Gasteiger partial charge in [0.05, 0.1) is 8.95 Å². The molecule has 1 aromatic rings. The van der Waals surface area contributed by atoms with Crippen LogP contribution in [0.3, 0.4) is 0 Å². The predicted molar refractivity (Wildman–Crippen MR) is 76.3 cm³/mol. The van der Waals surface area contributed by atoms with Crippen LogP contribution in [0.1, 0.15) is 12.0 Å². The number of rotatable bonds is 1. The minimum atomic E-state index is -0.0164. The highest BCUT2D eigenvalue weighted by Crippen LogP contribution is 2.33. The number of carbonyl (C=O) groups is 1. The van der Waals surface area contributed by atoms with Crippen molar-refractivity contribution in [3.63, 3.8) is 0 Å². The second-order valence-corrected chi connectivity index (χ2v) is 5.76. The van der Waals surface area contributed by atoms with E-state index < -0.39 is 0 Å². The Kier molecular flexibility index (Phi) is 3.63. The van der Waals surface area contributed by atoms with Gasteiger partial charge in [-0.15, -0.1) is 0 Å². The number of aromatic hydroxyl groups is 1. The van der Waals surface area contributed by atoms with Crippen molar-refractivity contribution < 1.29 is 9.90 Å². The second-order valence-electron chi connectivity index (χ2n) is 3.85. The smallest absolute Gasteiger partial charge is 0.240 e. The van der Waals surface area contributed by atoms with E-state index in [0.29, 0.717) is 11.4 Å². The summed E-state index contributed by atoms with van der Waals surface area (Å²) in [6.07, 6.45) is 2.70. The molecule has 0 bridgehead atoms. The van der Waals surface area contributed by atoms with Crippen molar-refractivity contribution in [2.45, 2.75) is 10.3 Å². The lowest BCUT2D eigenvalue weighted by atomic mass is 10.0. The monoisotopic (exact) mass is 363 g/mol. The van der Waals surface area contributed by atoms with E-state index in [-0.39, 0.29) is 15.6 Å². The van der Waals surface area contributed by atoms with Crippen LogP contribution in [-0.4, -0.2) is 26.9 Å². The van der Waals surface area contributed by atoms with Crippen LogP contribution >= 0.6 is 34.2 Å². The number of allylic oxidation sites excluding steroid dienone is 1. The summed E-state index contributed by atoms with van der Waals surface area (Å²) in [7, 11) is 1.74. The summed E-state index contributed by atoms with van der Waals surface area (Å²) in [6.45, 7) is 0. The van der Waals surface area contributed by atoms with Crippen LogP contribution < -0.4 is 0 Å². The van der Waals surface area contributed by atoms with E-state index in [2.05, 4.69) is 22.6 Å². The van der Waals surface area contributed by atoms with Crippen molar-refractivity contribution in [2.75, 3.05) is 7.05 Å². The van der Waals surface area contributed by atoms with Crippen LogP contribution in [-0.2, 0) is 4.79 Å². The van der Waals surface area contributed by atoms with E-state index >= 15 is 0 Å². The normalized spacial score (nSPS) is 20.4. The van der Waals surface area contributed by atoms with Crippen LogP contribution in [0.15, 0.2) is 24.3 Å². The van der Waals surface area contributed by atoms with Gasteiger partial charge in [-0.2, -0.15) is 0 Å². The number of carbonyl (C=O) groups excluding carboxylic acids is 1. The lowest BCUT2D eigenvalue weighted by molar-refractivity contribution is -0.126. The van der Waals surface area contributed by atoms with Gasteiger partial charge < -0.3 is 10.0 Å². The fourth-order valence-electron chi connectivity index (χ4n) is 1.78. The summed E-state index contributed by atoms with van der Waals surface area (Å²) < 4.78 is -0.0164. The van der Waals surface area contributed by atoms with Crippen LogP contribution in [0.5, 0.6) is 5.75 Å². The van der Waals surface area contributed by atoms with Gasteiger partial charge in [-0.25, -0.2) is 0 Å². The Hall–Kier alpha value is -0.750. The number of hydrogen-bond donors (Lipinski definition) is 1. The number of alkyl halides is 1. The van der Waals surface area contributed by atoms with Gasteiger partial charge in [0.15, 0.2) is 0 Å². The van der Waals surface area contributed by atoms with Crippen molar-refractivity contribution >= 4 is 45.8 Å². The van der Waals surface area contributed by atoms with Gasteiger partial charge in [-0.3, -0.25) is 4.79 Å². The topological polar surface area (TPSA) is 40.5 Å². The molecule has 3 nitrogen and oxygen atoms in total. The molecule has 0 radical (unpaired) electrons. The first-order valence-corrected chi connectivity index (χ1v) is 6.73. The largest absolute Gasteiger partial charge is 0.508 e. The lowest BCUT2D eigenvalue weighted by Gasteiger charge is -2.28. The molecule has 17 heavy (non-hydrogen) atoms. The molecule has 5 heteroatoms. The lowest BCUT2D eigenvalue weighted by Crippen LogP contribution is -2.35. The minimum Gasteiger partial charge on any atom is -0.508 e. The van der Waals surface area contributed by atoms with E-state index in [1.54, 1.807) is 24.1 Å². The molecule has 0 aromatic heterocycles. The van der Waals surface area contributed by atoms with Crippen molar-refractivity contribution in [3.05, 3.63) is 34.9 Å². The number of hydrogen-bond acceptors (Lipinski definition) is 2. The van der Waals surface area contributed by atoms with Crippen molar-refractivity contribution in [1.82, 2.24) is 4.90 Å². The molecule has 0 spiro atoms. The maximum Gasteiger partial charge on any atom is 0.240 e. The van der Waals surface area contributed by atoms with Gasteiger partial charge in [-0.05, 0) is 24.6 Å². The molecule has 1 heterocycles. The molecule has 1 amide bonds. The maximum atomic E-state index is 11.9. The zero-order valence-electron chi connectivity index (χ0n) is 9.15. The van der Waals surface area contributed by atoms with E-state index in [1.165, 1.54) is 6.07 Å². The van der Waals surface area contributed by atoms with Crippen LogP contribution in [0, 0.1) is 0 Å². The molecule has 1 N–H and O–H groups in total. The average molecular weight is 364 g/mol. The fraction of sp³-hybridized carbons (Fsp3) is 0.250. The number of halogens is 2. The van der Waals surface area contributed by atoms with Gasteiger partial charge in [0, 0.05) is 18.3 Å². The fourth-order valence-corrected chi connectivity index (χ4v) is 2.73. The Morgan fingerprint density at radius 2 is 2.24 bits per heavy atom. The van der Waals surface area contributed by atoms with Crippen LogP contribution in [0.2, 0.25) is 5.02 Å². The number of benzene rings is 1. The van der Waals surface area contributed by atoms with E-state index in [0.717, 1.165) is 11.3 Å². The first-order chi connectivity index (χ1) is 8.00. The zero-order chi connectivity index (χ0) is 12.6. The highest BCUT2D eigenvalue weighted by molar-refractivity contribution is 14.1. The summed E-state index contributed by atoms with van der Waals surface area (Å²) in [5, 5.41) is 9.76. The quantitative estimate of drug-likeness (QED) is 0.615. The summed E-state index contributed by atoms with van der Waals surface area (Å²) in [4.78, 5) is 13.5. The molecule has 1 aliphatic heterocycles. The Bertz CT molecular complexity index is 501. The number of phenolic OH excluding ortho intramolecular Hbond substituents is 1.